The minimum atomic E-state index is -0.628. The number of carbonyl (C=O) groups excluding carboxylic acids is 2. The Kier molecular flexibility index (Phi) is 9.38. The molecule has 2 amide bonds. The second-order valence-electron chi connectivity index (χ2n) is 9.15. The van der Waals surface area contributed by atoms with Crippen molar-refractivity contribution in [2.45, 2.75) is 58.3 Å². The van der Waals surface area contributed by atoms with Crippen molar-refractivity contribution in [2.24, 2.45) is 0 Å². The lowest BCUT2D eigenvalue weighted by Crippen LogP contribution is -2.33. The predicted molar refractivity (Wildman–Crippen MR) is 130 cm³/mol. The number of amides is 2. The number of carbonyl (C=O) groups is 2. The maximum Gasteiger partial charge on any atom is 0.408 e. The Hall–Kier alpha value is -3.95. The number of nitrogens with one attached hydrogen (secondary N) is 2. The van der Waals surface area contributed by atoms with Crippen molar-refractivity contribution in [3.8, 4) is 11.4 Å². The highest BCUT2D eigenvalue weighted by molar-refractivity contribution is 5.68. The van der Waals surface area contributed by atoms with Crippen LogP contribution >= 0.6 is 0 Å². The molecular weight excluding hydrogens is 467 g/mol. The molecular formula is C26H31FN4O5. The monoisotopic (exact) mass is 498 g/mol. The molecule has 0 saturated carbocycles. The lowest BCUT2D eigenvalue weighted by molar-refractivity contribution is 0.0527. The Morgan fingerprint density at radius 1 is 1.03 bits per heavy atom. The minimum Gasteiger partial charge on any atom is -0.445 e. The van der Waals surface area contributed by atoms with Crippen LogP contribution in [0.25, 0.3) is 11.4 Å². The van der Waals surface area contributed by atoms with Crippen molar-refractivity contribution in [1.82, 2.24) is 20.8 Å². The number of hydrogen-bond donors (Lipinski definition) is 2. The molecule has 2 aromatic carbocycles. The molecule has 0 aliphatic heterocycles. The summed E-state index contributed by atoms with van der Waals surface area (Å²) in [6.45, 7) is 5.91. The van der Waals surface area contributed by atoms with Gasteiger partial charge in [0.05, 0.1) is 0 Å². The van der Waals surface area contributed by atoms with E-state index in [1.165, 1.54) is 12.1 Å². The number of hydrogen-bond acceptors (Lipinski definition) is 7. The van der Waals surface area contributed by atoms with Crippen molar-refractivity contribution in [1.29, 1.82) is 0 Å². The fourth-order valence-corrected chi connectivity index (χ4v) is 3.24. The van der Waals surface area contributed by atoms with Gasteiger partial charge in [-0.3, -0.25) is 0 Å². The smallest absolute Gasteiger partial charge is 0.408 e. The maximum atomic E-state index is 13.2. The maximum absolute atomic E-state index is 13.2. The van der Waals surface area contributed by atoms with E-state index in [1.54, 1.807) is 32.9 Å². The Bertz CT molecular complexity index is 1110. The van der Waals surface area contributed by atoms with Crippen LogP contribution in [0.3, 0.4) is 0 Å². The topological polar surface area (TPSA) is 116 Å². The van der Waals surface area contributed by atoms with Gasteiger partial charge in [0, 0.05) is 12.1 Å². The molecule has 3 aromatic rings. The molecule has 0 spiro atoms. The van der Waals surface area contributed by atoms with E-state index in [2.05, 4.69) is 20.8 Å². The van der Waals surface area contributed by atoms with Gasteiger partial charge >= 0.3 is 12.2 Å². The Morgan fingerprint density at radius 2 is 1.75 bits per heavy atom. The molecule has 1 aromatic heterocycles. The van der Waals surface area contributed by atoms with Gasteiger partial charge in [0.25, 0.3) is 0 Å². The van der Waals surface area contributed by atoms with Gasteiger partial charge in [-0.05, 0) is 69.9 Å². The standard InChI is InChI=1S/C26H31FN4O5/c1-26(2,3)35-24(32)28-16-8-7-11-21(29-25(33)34-17-18-9-5-4-6-10-18)23-30-22(31-36-23)19-12-14-20(27)15-13-19/h4-6,9-10,12-15,21H,7-8,11,16-17H2,1-3H3,(H,28,32)(H,29,33)/t21-/m0/s1. The first-order chi connectivity index (χ1) is 17.2. The number of benzene rings is 2. The molecule has 0 radical (unpaired) electrons. The van der Waals surface area contributed by atoms with Crippen molar-refractivity contribution in [2.75, 3.05) is 6.54 Å². The van der Waals surface area contributed by atoms with Crippen LogP contribution < -0.4 is 10.6 Å². The van der Waals surface area contributed by atoms with E-state index in [-0.39, 0.29) is 24.1 Å². The number of ether oxygens (including phenoxy) is 2. The van der Waals surface area contributed by atoms with E-state index in [1.807, 2.05) is 30.3 Å². The van der Waals surface area contributed by atoms with Crippen LogP contribution in [0.15, 0.2) is 59.1 Å². The summed E-state index contributed by atoms with van der Waals surface area (Å²) >= 11 is 0. The summed E-state index contributed by atoms with van der Waals surface area (Å²) in [6.07, 6.45) is 0.615. The van der Waals surface area contributed by atoms with Crippen LogP contribution in [0, 0.1) is 5.82 Å². The number of halogens is 1. The quantitative estimate of drug-likeness (QED) is 0.353. The third kappa shape index (κ3) is 9.01. The summed E-state index contributed by atoms with van der Waals surface area (Å²) in [5.74, 6) is 0.107. The van der Waals surface area contributed by atoms with Gasteiger partial charge in [0.15, 0.2) is 0 Å². The number of alkyl carbamates (subject to hydrolysis) is 2. The molecule has 1 heterocycles. The van der Waals surface area contributed by atoms with E-state index in [9.17, 15) is 14.0 Å². The molecule has 2 N–H and O–H groups in total. The van der Waals surface area contributed by atoms with Crippen molar-refractivity contribution >= 4 is 12.2 Å². The molecule has 0 aliphatic carbocycles. The SMILES string of the molecule is CC(C)(C)OC(=O)NCCCC[C@H](NC(=O)OCc1ccccc1)c1nc(-c2ccc(F)cc2)no1. The minimum absolute atomic E-state index is 0.115. The molecule has 0 aliphatic rings. The van der Waals surface area contributed by atoms with Crippen LogP contribution in [-0.4, -0.2) is 34.5 Å². The summed E-state index contributed by atoms with van der Waals surface area (Å²) in [5, 5.41) is 9.45. The second kappa shape index (κ2) is 12.7. The van der Waals surface area contributed by atoms with E-state index in [4.69, 9.17) is 14.0 Å². The zero-order valence-electron chi connectivity index (χ0n) is 20.6. The Balaban J connectivity index is 1.59. The van der Waals surface area contributed by atoms with Crippen LogP contribution in [0.2, 0.25) is 0 Å². The highest BCUT2D eigenvalue weighted by Gasteiger charge is 2.23. The molecule has 0 bridgehead atoms. The Morgan fingerprint density at radius 3 is 2.44 bits per heavy atom. The van der Waals surface area contributed by atoms with Crippen molar-refractivity contribution < 1.29 is 28.0 Å². The molecule has 9 nitrogen and oxygen atoms in total. The van der Waals surface area contributed by atoms with Crippen molar-refractivity contribution in [3.05, 3.63) is 71.9 Å². The largest absolute Gasteiger partial charge is 0.445 e. The number of unbranched alkanes of at least 4 members (excludes halogenated alkanes) is 1. The molecule has 10 heteroatoms. The third-order valence-electron chi connectivity index (χ3n) is 4.93. The van der Waals surface area contributed by atoms with Gasteiger partial charge in [-0.1, -0.05) is 35.5 Å². The molecule has 1 atom stereocenters. The van der Waals surface area contributed by atoms with E-state index in [0.29, 0.717) is 31.4 Å². The summed E-state index contributed by atoms with van der Waals surface area (Å²) < 4.78 is 29.2. The Labute approximate surface area is 209 Å². The molecule has 0 fully saturated rings. The first-order valence-corrected chi connectivity index (χ1v) is 11.7. The van der Waals surface area contributed by atoms with Crippen LogP contribution in [0.4, 0.5) is 14.0 Å². The van der Waals surface area contributed by atoms with Gasteiger partial charge in [0.1, 0.15) is 24.1 Å². The van der Waals surface area contributed by atoms with Crippen LogP contribution in [0.1, 0.15) is 57.5 Å². The summed E-state index contributed by atoms with van der Waals surface area (Å²) in [5.41, 5.74) is 0.867. The fourth-order valence-electron chi connectivity index (χ4n) is 3.24. The highest BCUT2D eigenvalue weighted by Crippen LogP contribution is 2.23. The summed E-state index contributed by atoms with van der Waals surface area (Å²) in [6, 6.07) is 14.4. The van der Waals surface area contributed by atoms with E-state index >= 15 is 0 Å². The van der Waals surface area contributed by atoms with Gasteiger partial charge in [-0.25, -0.2) is 14.0 Å². The summed E-state index contributed by atoms with van der Waals surface area (Å²) in [4.78, 5) is 28.7. The number of nitrogens with zero attached hydrogens (tertiary/aromatic N) is 2. The predicted octanol–water partition coefficient (Wildman–Crippen LogP) is 5.54. The lowest BCUT2D eigenvalue weighted by atomic mass is 10.1. The third-order valence-corrected chi connectivity index (χ3v) is 4.93. The second-order valence-corrected chi connectivity index (χ2v) is 9.15. The first kappa shape index (κ1) is 26.7. The molecule has 0 unspecified atom stereocenters. The van der Waals surface area contributed by atoms with Gasteiger partial charge in [-0.2, -0.15) is 4.98 Å². The normalized spacial score (nSPS) is 12.0. The van der Waals surface area contributed by atoms with Crippen LogP contribution in [-0.2, 0) is 16.1 Å². The zero-order valence-corrected chi connectivity index (χ0v) is 20.6. The zero-order chi connectivity index (χ0) is 26.0. The summed E-state index contributed by atoms with van der Waals surface area (Å²) in [7, 11) is 0. The van der Waals surface area contributed by atoms with Gasteiger partial charge in [-0.15, -0.1) is 0 Å². The van der Waals surface area contributed by atoms with Gasteiger partial charge in [0.2, 0.25) is 11.7 Å². The molecule has 36 heavy (non-hydrogen) atoms. The average molecular weight is 499 g/mol. The van der Waals surface area contributed by atoms with E-state index in [0.717, 1.165) is 5.56 Å². The van der Waals surface area contributed by atoms with Crippen molar-refractivity contribution in [3.63, 3.8) is 0 Å². The first-order valence-electron chi connectivity index (χ1n) is 11.7. The average Bonchev–Trinajstić information content (AvgIpc) is 3.32. The van der Waals surface area contributed by atoms with E-state index < -0.39 is 23.8 Å². The molecule has 3 rings (SSSR count). The fraction of sp³-hybridized carbons (Fsp3) is 0.385. The lowest BCUT2D eigenvalue weighted by Gasteiger charge is -2.19. The van der Waals surface area contributed by atoms with Gasteiger partial charge < -0.3 is 24.6 Å². The number of rotatable bonds is 10. The number of aromatic nitrogens is 2. The molecule has 192 valence electrons. The molecule has 0 saturated heterocycles. The highest BCUT2D eigenvalue weighted by atomic mass is 19.1. The van der Waals surface area contributed by atoms with Crippen LogP contribution in [0.5, 0.6) is 0 Å².